The standard InChI is InChI=1S/C27H25FN4O2/c1-30-15-17-31(18-16-30)22-13-9-21(10-14-22)29-25-24(19-5-3-2-4-6-19)26(33)32(27(25)34)23-11-7-20(28)8-12-23/h2-14,29H,15-18H2,1H3. The molecule has 7 heteroatoms. The van der Waals surface area contributed by atoms with Crippen LogP contribution in [0.2, 0.25) is 0 Å². The predicted molar refractivity (Wildman–Crippen MR) is 132 cm³/mol. The number of hydrogen-bond acceptors (Lipinski definition) is 5. The lowest BCUT2D eigenvalue weighted by Crippen LogP contribution is -2.44. The highest BCUT2D eigenvalue weighted by molar-refractivity contribution is 6.46. The molecule has 0 aromatic heterocycles. The molecule has 3 aromatic carbocycles. The summed E-state index contributed by atoms with van der Waals surface area (Å²) >= 11 is 0. The molecule has 2 aliphatic heterocycles. The first-order valence-corrected chi connectivity index (χ1v) is 11.3. The van der Waals surface area contributed by atoms with Crippen molar-refractivity contribution in [1.82, 2.24) is 4.90 Å². The van der Waals surface area contributed by atoms with E-state index in [4.69, 9.17) is 0 Å². The fourth-order valence-electron chi connectivity index (χ4n) is 4.31. The van der Waals surface area contributed by atoms with Gasteiger partial charge in [0.1, 0.15) is 11.5 Å². The van der Waals surface area contributed by atoms with E-state index in [1.807, 2.05) is 42.5 Å². The highest BCUT2D eigenvalue weighted by atomic mass is 19.1. The average Bonchev–Trinajstić information content (AvgIpc) is 3.10. The summed E-state index contributed by atoms with van der Waals surface area (Å²) in [6, 6.07) is 22.3. The van der Waals surface area contributed by atoms with Crippen molar-refractivity contribution >= 4 is 34.4 Å². The topological polar surface area (TPSA) is 55.9 Å². The Bertz CT molecular complexity index is 1230. The van der Waals surface area contributed by atoms with Crippen LogP contribution in [-0.4, -0.2) is 49.9 Å². The molecule has 2 aliphatic rings. The highest BCUT2D eigenvalue weighted by Crippen LogP contribution is 2.34. The maximum Gasteiger partial charge on any atom is 0.282 e. The van der Waals surface area contributed by atoms with Crippen molar-refractivity contribution in [2.24, 2.45) is 0 Å². The molecule has 6 nitrogen and oxygen atoms in total. The fourth-order valence-corrected chi connectivity index (χ4v) is 4.31. The lowest BCUT2D eigenvalue weighted by molar-refractivity contribution is -0.120. The van der Waals surface area contributed by atoms with E-state index >= 15 is 0 Å². The van der Waals surface area contributed by atoms with Crippen molar-refractivity contribution in [2.45, 2.75) is 0 Å². The van der Waals surface area contributed by atoms with Crippen molar-refractivity contribution in [2.75, 3.05) is 48.3 Å². The number of nitrogens with one attached hydrogen (secondary N) is 1. The SMILES string of the molecule is CN1CCN(c2ccc(NC3=C(c4ccccc4)C(=O)N(c4ccc(F)cc4)C3=O)cc2)CC1. The van der Waals surface area contributed by atoms with Crippen LogP contribution in [0.15, 0.2) is 84.6 Å². The van der Waals surface area contributed by atoms with Gasteiger partial charge in [0, 0.05) is 37.6 Å². The molecule has 0 unspecified atom stereocenters. The van der Waals surface area contributed by atoms with E-state index in [9.17, 15) is 14.0 Å². The van der Waals surface area contributed by atoms with Gasteiger partial charge in [0.2, 0.25) is 0 Å². The quantitative estimate of drug-likeness (QED) is 0.589. The second kappa shape index (κ2) is 9.11. The maximum atomic E-state index is 13.4. The van der Waals surface area contributed by atoms with Gasteiger partial charge in [-0.2, -0.15) is 0 Å². The van der Waals surface area contributed by atoms with E-state index in [1.165, 1.54) is 24.3 Å². The normalized spacial score (nSPS) is 17.0. The van der Waals surface area contributed by atoms with Crippen molar-refractivity contribution in [3.05, 3.63) is 95.9 Å². The van der Waals surface area contributed by atoms with Crippen LogP contribution in [0.4, 0.5) is 21.5 Å². The van der Waals surface area contributed by atoms with Gasteiger partial charge in [-0.15, -0.1) is 0 Å². The molecule has 1 saturated heterocycles. The number of piperazine rings is 1. The van der Waals surface area contributed by atoms with Gasteiger partial charge in [-0.1, -0.05) is 30.3 Å². The second-order valence-corrected chi connectivity index (χ2v) is 8.50. The molecule has 5 rings (SSSR count). The number of anilines is 3. The van der Waals surface area contributed by atoms with Crippen LogP contribution >= 0.6 is 0 Å². The van der Waals surface area contributed by atoms with Gasteiger partial charge in [-0.05, 0) is 61.1 Å². The maximum absolute atomic E-state index is 13.4. The Kier molecular flexibility index (Phi) is 5.86. The molecule has 0 atom stereocenters. The molecule has 1 fully saturated rings. The Morgan fingerprint density at radius 1 is 0.735 bits per heavy atom. The molecular weight excluding hydrogens is 431 g/mol. The summed E-state index contributed by atoms with van der Waals surface area (Å²) < 4.78 is 13.4. The molecule has 172 valence electrons. The third kappa shape index (κ3) is 4.18. The van der Waals surface area contributed by atoms with Crippen molar-refractivity contribution in [3.8, 4) is 0 Å². The first-order valence-electron chi connectivity index (χ1n) is 11.3. The van der Waals surface area contributed by atoms with Gasteiger partial charge in [0.15, 0.2) is 0 Å². The Morgan fingerprint density at radius 2 is 1.35 bits per heavy atom. The number of imide groups is 1. The van der Waals surface area contributed by atoms with E-state index in [0.29, 0.717) is 16.9 Å². The number of likely N-dealkylation sites (N-methyl/N-ethyl adjacent to an activating group) is 1. The number of hydrogen-bond donors (Lipinski definition) is 1. The van der Waals surface area contributed by atoms with Crippen LogP contribution in [-0.2, 0) is 9.59 Å². The lowest BCUT2D eigenvalue weighted by Gasteiger charge is -2.34. The summed E-state index contributed by atoms with van der Waals surface area (Å²) in [6.45, 7) is 3.96. The Morgan fingerprint density at radius 3 is 2.00 bits per heavy atom. The fraction of sp³-hybridized carbons (Fsp3) is 0.185. The molecule has 1 N–H and O–H groups in total. The average molecular weight is 457 g/mol. The molecular formula is C27H25FN4O2. The zero-order valence-corrected chi connectivity index (χ0v) is 18.9. The van der Waals surface area contributed by atoms with E-state index in [2.05, 4.69) is 22.2 Å². The third-order valence-electron chi connectivity index (χ3n) is 6.24. The van der Waals surface area contributed by atoms with Crippen LogP contribution in [0.1, 0.15) is 5.56 Å². The minimum atomic E-state index is -0.474. The van der Waals surface area contributed by atoms with Crippen molar-refractivity contribution in [1.29, 1.82) is 0 Å². The summed E-state index contributed by atoms with van der Waals surface area (Å²) in [5.41, 5.74) is 3.29. The highest BCUT2D eigenvalue weighted by Gasteiger charge is 2.40. The number of halogens is 1. The molecule has 0 aliphatic carbocycles. The smallest absolute Gasteiger partial charge is 0.282 e. The second-order valence-electron chi connectivity index (χ2n) is 8.50. The minimum absolute atomic E-state index is 0.202. The molecule has 0 saturated carbocycles. The lowest BCUT2D eigenvalue weighted by atomic mass is 10.0. The van der Waals surface area contributed by atoms with Crippen LogP contribution in [0.25, 0.3) is 5.57 Å². The van der Waals surface area contributed by atoms with Gasteiger partial charge in [-0.3, -0.25) is 9.59 Å². The van der Waals surface area contributed by atoms with Crippen molar-refractivity contribution in [3.63, 3.8) is 0 Å². The third-order valence-corrected chi connectivity index (χ3v) is 6.24. The number of nitrogens with zero attached hydrogens (tertiary/aromatic N) is 3. The summed E-state index contributed by atoms with van der Waals surface area (Å²) in [4.78, 5) is 32.5. The predicted octanol–water partition coefficient (Wildman–Crippen LogP) is 3.97. The summed E-state index contributed by atoms with van der Waals surface area (Å²) in [6.07, 6.45) is 0. The summed E-state index contributed by atoms with van der Waals surface area (Å²) in [7, 11) is 2.12. The Balaban J connectivity index is 1.46. The Hall–Kier alpha value is -3.97. The monoisotopic (exact) mass is 456 g/mol. The van der Waals surface area contributed by atoms with E-state index < -0.39 is 17.6 Å². The molecule has 0 bridgehead atoms. The first-order chi connectivity index (χ1) is 16.5. The zero-order valence-electron chi connectivity index (χ0n) is 18.9. The number of rotatable bonds is 5. The van der Waals surface area contributed by atoms with Gasteiger partial charge < -0.3 is 15.1 Å². The summed E-state index contributed by atoms with van der Waals surface area (Å²) in [5.74, 6) is -1.35. The van der Waals surface area contributed by atoms with Gasteiger partial charge in [-0.25, -0.2) is 9.29 Å². The number of carbonyl (C=O) groups is 2. The van der Waals surface area contributed by atoms with Gasteiger partial charge in [0.25, 0.3) is 11.8 Å². The van der Waals surface area contributed by atoms with Crippen LogP contribution in [0, 0.1) is 5.82 Å². The van der Waals surface area contributed by atoms with Crippen LogP contribution in [0.3, 0.4) is 0 Å². The zero-order chi connectivity index (χ0) is 23.7. The van der Waals surface area contributed by atoms with Crippen molar-refractivity contribution < 1.29 is 14.0 Å². The van der Waals surface area contributed by atoms with E-state index in [1.54, 1.807) is 12.1 Å². The summed E-state index contributed by atoms with van der Waals surface area (Å²) in [5, 5.41) is 3.18. The largest absolute Gasteiger partial charge is 0.369 e. The first kappa shape index (κ1) is 21.9. The Labute approximate surface area is 197 Å². The van der Waals surface area contributed by atoms with Crippen LogP contribution in [0.5, 0.6) is 0 Å². The number of carbonyl (C=O) groups excluding carboxylic acids is 2. The van der Waals surface area contributed by atoms with Gasteiger partial charge in [0.05, 0.1) is 11.3 Å². The molecule has 2 heterocycles. The molecule has 2 amide bonds. The van der Waals surface area contributed by atoms with E-state index in [-0.39, 0.29) is 11.3 Å². The molecule has 3 aromatic rings. The molecule has 0 radical (unpaired) electrons. The molecule has 0 spiro atoms. The van der Waals surface area contributed by atoms with E-state index in [0.717, 1.165) is 36.8 Å². The van der Waals surface area contributed by atoms with Crippen LogP contribution < -0.4 is 15.1 Å². The number of benzene rings is 3. The minimum Gasteiger partial charge on any atom is -0.369 e. The van der Waals surface area contributed by atoms with Gasteiger partial charge >= 0.3 is 0 Å². The molecule has 34 heavy (non-hydrogen) atoms. The number of amides is 2.